The van der Waals surface area contributed by atoms with E-state index in [1.165, 1.54) is 23.1 Å². The number of sulfonamides is 1. The lowest BCUT2D eigenvalue weighted by molar-refractivity contribution is 0.368. The summed E-state index contributed by atoms with van der Waals surface area (Å²) in [5.74, 6) is -9.99. The summed E-state index contributed by atoms with van der Waals surface area (Å²) in [5.41, 5.74) is 0.0401. The van der Waals surface area contributed by atoms with Gasteiger partial charge in [-0.1, -0.05) is 0 Å². The SMILES string of the molecule is C[C@H]1Cc2cc(S(N)(=O)=O)ccc2N1Cc1c(F)c(F)c(F)c(F)c1F. The first-order valence-corrected chi connectivity index (χ1v) is 8.99. The monoisotopic (exact) mass is 392 g/mol. The molecule has 4 nitrogen and oxygen atoms in total. The fraction of sp³-hybridized carbons (Fsp3) is 0.250. The summed E-state index contributed by atoms with van der Waals surface area (Å²) in [4.78, 5) is 1.32. The second kappa shape index (κ2) is 6.20. The van der Waals surface area contributed by atoms with Gasteiger partial charge in [0.15, 0.2) is 23.3 Å². The van der Waals surface area contributed by atoms with E-state index in [4.69, 9.17) is 5.14 Å². The van der Waals surface area contributed by atoms with Crippen LogP contribution in [0.5, 0.6) is 0 Å². The summed E-state index contributed by atoms with van der Waals surface area (Å²) < 4.78 is 90.7. The Morgan fingerprint density at radius 1 is 1.04 bits per heavy atom. The molecule has 0 fully saturated rings. The lowest BCUT2D eigenvalue weighted by atomic mass is 10.1. The number of anilines is 1. The Kier molecular flexibility index (Phi) is 4.43. The topological polar surface area (TPSA) is 63.4 Å². The predicted octanol–water partition coefficient (Wildman–Crippen LogP) is 2.98. The molecule has 0 radical (unpaired) electrons. The van der Waals surface area contributed by atoms with E-state index in [9.17, 15) is 30.4 Å². The van der Waals surface area contributed by atoms with Gasteiger partial charge in [-0.2, -0.15) is 0 Å². The van der Waals surface area contributed by atoms with Crippen molar-refractivity contribution in [2.24, 2.45) is 5.14 Å². The van der Waals surface area contributed by atoms with Gasteiger partial charge in [-0.3, -0.25) is 0 Å². The van der Waals surface area contributed by atoms with Gasteiger partial charge in [0.1, 0.15) is 0 Å². The molecular formula is C16H13F5N2O2S. The van der Waals surface area contributed by atoms with Crippen molar-refractivity contribution in [3.8, 4) is 0 Å². The number of rotatable bonds is 3. The molecule has 0 saturated heterocycles. The third kappa shape index (κ3) is 2.92. The van der Waals surface area contributed by atoms with E-state index < -0.39 is 51.2 Å². The molecule has 0 aliphatic carbocycles. The van der Waals surface area contributed by atoms with E-state index in [1.807, 2.05) is 0 Å². The number of fused-ring (bicyclic) bond motifs is 1. The lowest BCUT2D eigenvalue weighted by Crippen LogP contribution is -2.30. The fourth-order valence-corrected chi connectivity index (χ4v) is 3.61. The molecule has 1 aliphatic rings. The normalized spacial score (nSPS) is 16.9. The van der Waals surface area contributed by atoms with E-state index in [1.54, 1.807) is 6.92 Å². The van der Waals surface area contributed by atoms with Crippen molar-refractivity contribution < 1.29 is 30.4 Å². The van der Waals surface area contributed by atoms with Crippen molar-refractivity contribution >= 4 is 15.7 Å². The first-order chi connectivity index (χ1) is 12.0. The van der Waals surface area contributed by atoms with Crippen molar-refractivity contribution in [2.45, 2.75) is 30.8 Å². The molecule has 1 aliphatic heterocycles. The van der Waals surface area contributed by atoms with Crippen molar-refractivity contribution in [1.29, 1.82) is 0 Å². The molecule has 26 heavy (non-hydrogen) atoms. The van der Waals surface area contributed by atoms with Crippen LogP contribution in [0, 0.1) is 29.1 Å². The maximum atomic E-state index is 13.9. The minimum Gasteiger partial charge on any atom is -0.364 e. The summed E-state index contributed by atoms with van der Waals surface area (Å²) >= 11 is 0. The van der Waals surface area contributed by atoms with Gasteiger partial charge >= 0.3 is 0 Å². The highest BCUT2D eigenvalue weighted by atomic mass is 32.2. The van der Waals surface area contributed by atoms with Gasteiger partial charge in [0.25, 0.3) is 0 Å². The number of primary sulfonamides is 1. The van der Waals surface area contributed by atoms with Crippen molar-refractivity contribution in [2.75, 3.05) is 4.90 Å². The maximum absolute atomic E-state index is 13.9. The van der Waals surface area contributed by atoms with Gasteiger partial charge in [0, 0.05) is 23.8 Å². The number of nitrogens with two attached hydrogens (primary N) is 1. The van der Waals surface area contributed by atoms with Crippen LogP contribution in [0.3, 0.4) is 0 Å². The Hall–Kier alpha value is -2.20. The molecule has 0 bridgehead atoms. The van der Waals surface area contributed by atoms with Gasteiger partial charge in [-0.25, -0.2) is 35.5 Å². The van der Waals surface area contributed by atoms with Crippen LogP contribution < -0.4 is 10.0 Å². The molecule has 3 rings (SSSR count). The zero-order valence-electron chi connectivity index (χ0n) is 13.4. The molecule has 140 valence electrons. The number of hydrogen-bond acceptors (Lipinski definition) is 3. The van der Waals surface area contributed by atoms with E-state index >= 15 is 0 Å². The molecule has 0 aromatic heterocycles. The third-order valence-electron chi connectivity index (χ3n) is 4.37. The largest absolute Gasteiger partial charge is 0.364 e. The number of halogens is 5. The highest BCUT2D eigenvalue weighted by molar-refractivity contribution is 7.89. The van der Waals surface area contributed by atoms with E-state index in [0.717, 1.165) is 0 Å². The molecular weight excluding hydrogens is 379 g/mol. The second-order valence-corrected chi connectivity index (χ2v) is 7.63. The van der Waals surface area contributed by atoms with Crippen LogP contribution in [0.15, 0.2) is 23.1 Å². The fourth-order valence-electron chi connectivity index (χ4n) is 3.05. The summed E-state index contributed by atoms with van der Waals surface area (Å²) in [6.45, 7) is 1.12. The van der Waals surface area contributed by atoms with Gasteiger partial charge in [-0.15, -0.1) is 0 Å². The molecule has 2 N–H and O–H groups in total. The second-order valence-electron chi connectivity index (χ2n) is 6.07. The molecule has 0 amide bonds. The summed E-state index contributed by atoms with van der Waals surface area (Å²) in [7, 11) is -3.93. The Balaban J connectivity index is 2.04. The Labute approximate surface area is 146 Å². The minimum atomic E-state index is -3.93. The Morgan fingerprint density at radius 2 is 1.58 bits per heavy atom. The first kappa shape index (κ1) is 18.6. The van der Waals surface area contributed by atoms with E-state index in [2.05, 4.69) is 0 Å². The van der Waals surface area contributed by atoms with E-state index in [-0.39, 0.29) is 10.9 Å². The highest BCUT2D eigenvalue weighted by Gasteiger charge is 2.32. The smallest absolute Gasteiger partial charge is 0.238 e. The zero-order chi connectivity index (χ0) is 19.4. The number of benzene rings is 2. The van der Waals surface area contributed by atoms with Gasteiger partial charge in [-0.05, 0) is 37.1 Å². The highest BCUT2D eigenvalue weighted by Crippen LogP contribution is 2.36. The van der Waals surface area contributed by atoms with Crippen LogP contribution in [0.2, 0.25) is 0 Å². The molecule has 10 heteroatoms. The molecule has 1 heterocycles. The van der Waals surface area contributed by atoms with Crippen LogP contribution in [0.4, 0.5) is 27.6 Å². The zero-order valence-corrected chi connectivity index (χ0v) is 14.2. The standard InChI is InChI=1S/C16H13F5N2O2S/c1-7-4-8-5-9(26(22,24)25)2-3-11(8)23(7)6-10-12(17)14(19)16(21)15(20)13(10)18/h2-3,5,7H,4,6H2,1H3,(H2,22,24,25)/t7-/m0/s1. The summed E-state index contributed by atoms with van der Waals surface area (Å²) in [5, 5.41) is 5.07. The molecule has 0 spiro atoms. The maximum Gasteiger partial charge on any atom is 0.238 e. The quantitative estimate of drug-likeness (QED) is 0.496. The van der Waals surface area contributed by atoms with Crippen molar-refractivity contribution in [3.05, 3.63) is 58.4 Å². The minimum absolute atomic E-state index is 0.124. The number of nitrogens with zero attached hydrogens (tertiary/aromatic N) is 1. The van der Waals surface area contributed by atoms with Crippen LogP contribution in [-0.4, -0.2) is 14.5 Å². The van der Waals surface area contributed by atoms with Crippen LogP contribution in [0.1, 0.15) is 18.1 Å². The summed E-state index contributed by atoms with van der Waals surface area (Å²) in [6.07, 6.45) is 0.327. The lowest BCUT2D eigenvalue weighted by Gasteiger charge is -2.25. The average Bonchev–Trinajstić information content (AvgIpc) is 2.89. The van der Waals surface area contributed by atoms with Crippen molar-refractivity contribution in [3.63, 3.8) is 0 Å². The molecule has 0 unspecified atom stereocenters. The van der Waals surface area contributed by atoms with Crippen molar-refractivity contribution in [1.82, 2.24) is 0 Å². The van der Waals surface area contributed by atoms with Crippen LogP contribution >= 0.6 is 0 Å². The Morgan fingerprint density at radius 3 is 2.12 bits per heavy atom. The average molecular weight is 392 g/mol. The van der Waals surface area contributed by atoms with Gasteiger partial charge in [0.05, 0.1) is 4.90 Å². The first-order valence-electron chi connectivity index (χ1n) is 7.45. The molecule has 0 saturated carbocycles. The Bertz CT molecular complexity index is 981. The number of hydrogen-bond donors (Lipinski definition) is 1. The molecule has 2 aromatic rings. The molecule has 2 aromatic carbocycles. The third-order valence-corrected chi connectivity index (χ3v) is 5.28. The van der Waals surface area contributed by atoms with Gasteiger partial charge in [0.2, 0.25) is 15.8 Å². The summed E-state index contributed by atoms with van der Waals surface area (Å²) in [6, 6.07) is 3.60. The van der Waals surface area contributed by atoms with Gasteiger partial charge < -0.3 is 4.90 Å². The van der Waals surface area contributed by atoms with Crippen LogP contribution in [-0.2, 0) is 23.0 Å². The van der Waals surface area contributed by atoms with Crippen LogP contribution in [0.25, 0.3) is 0 Å². The molecule has 1 atom stereocenters. The predicted molar refractivity (Wildman–Crippen MR) is 83.4 cm³/mol. The van der Waals surface area contributed by atoms with E-state index in [0.29, 0.717) is 17.7 Å².